The van der Waals surface area contributed by atoms with Crippen molar-refractivity contribution in [2.45, 2.75) is 55.0 Å². The molecular formula is C34H36ClFN4O4S. The van der Waals surface area contributed by atoms with Crippen LogP contribution in [-0.4, -0.2) is 68.8 Å². The maximum Gasteiger partial charge on any atom is 0.264 e. The molecule has 1 saturated carbocycles. The van der Waals surface area contributed by atoms with Gasteiger partial charge in [-0.05, 0) is 111 Å². The molecule has 3 heterocycles. The summed E-state index contributed by atoms with van der Waals surface area (Å²) in [6.45, 7) is 3.54. The summed E-state index contributed by atoms with van der Waals surface area (Å²) >= 11 is 6.31. The molecule has 1 aliphatic carbocycles. The number of hydrogen-bond donors (Lipinski definition) is 1. The topological polar surface area (TPSA) is 90.0 Å². The number of amides is 2. The van der Waals surface area contributed by atoms with Gasteiger partial charge in [-0.25, -0.2) is 12.8 Å². The van der Waals surface area contributed by atoms with E-state index in [-0.39, 0.29) is 35.2 Å². The Morgan fingerprint density at radius 1 is 0.956 bits per heavy atom. The minimum Gasteiger partial charge on any atom is -0.348 e. The first-order chi connectivity index (χ1) is 21.7. The van der Waals surface area contributed by atoms with Crippen LogP contribution in [0.25, 0.3) is 0 Å². The Bertz CT molecular complexity index is 1740. The summed E-state index contributed by atoms with van der Waals surface area (Å²) in [6, 6.07) is 17.3. The van der Waals surface area contributed by atoms with E-state index in [2.05, 4.69) is 10.2 Å². The minimum absolute atomic E-state index is 0.0386. The Labute approximate surface area is 268 Å². The van der Waals surface area contributed by atoms with Crippen LogP contribution >= 0.6 is 11.6 Å². The number of anilines is 1. The first-order valence-electron chi connectivity index (χ1n) is 15.6. The first-order valence-corrected chi connectivity index (χ1v) is 17.5. The van der Waals surface area contributed by atoms with Crippen molar-refractivity contribution in [2.24, 2.45) is 5.92 Å². The maximum absolute atomic E-state index is 14.4. The molecule has 1 unspecified atom stereocenters. The van der Waals surface area contributed by atoms with Gasteiger partial charge in [-0.2, -0.15) is 0 Å². The van der Waals surface area contributed by atoms with Gasteiger partial charge in [0, 0.05) is 35.6 Å². The van der Waals surface area contributed by atoms with Crippen LogP contribution < -0.4 is 9.62 Å². The van der Waals surface area contributed by atoms with Gasteiger partial charge in [0.2, 0.25) is 5.91 Å². The second-order valence-electron chi connectivity index (χ2n) is 12.7. The molecule has 2 amide bonds. The Morgan fingerprint density at radius 3 is 2.31 bits per heavy atom. The molecule has 3 fully saturated rings. The van der Waals surface area contributed by atoms with E-state index in [0.717, 1.165) is 43.5 Å². The molecule has 4 aliphatic rings. The number of nitrogens with one attached hydrogen (secondary N) is 1. The number of sulfonamides is 1. The third-order valence-corrected chi connectivity index (χ3v) is 12.2. The molecule has 45 heavy (non-hydrogen) atoms. The Morgan fingerprint density at radius 2 is 1.67 bits per heavy atom. The summed E-state index contributed by atoms with van der Waals surface area (Å²) in [5.74, 6) is -0.466. The third-order valence-electron chi connectivity index (χ3n) is 10.0. The molecular weight excluding hydrogens is 615 g/mol. The van der Waals surface area contributed by atoms with E-state index in [1.165, 1.54) is 24.3 Å². The monoisotopic (exact) mass is 650 g/mol. The molecule has 2 saturated heterocycles. The van der Waals surface area contributed by atoms with Crippen molar-refractivity contribution < 1.29 is 22.4 Å². The summed E-state index contributed by atoms with van der Waals surface area (Å²) < 4.78 is 44.1. The summed E-state index contributed by atoms with van der Waals surface area (Å²) in [4.78, 5) is 30.3. The predicted octanol–water partition coefficient (Wildman–Crippen LogP) is 4.96. The number of halogens is 2. The van der Waals surface area contributed by atoms with Gasteiger partial charge in [-0.3, -0.25) is 18.8 Å². The van der Waals surface area contributed by atoms with Gasteiger partial charge in [-0.15, -0.1) is 0 Å². The molecule has 236 valence electrons. The fourth-order valence-corrected chi connectivity index (χ4v) is 9.31. The van der Waals surface area contributed by atoms with Gasteiger partial charge in [0.15, 0.2) is 0 Å². The van der Waals surface area contributed by atoms with E-state index in [1.807, 2.05) is 29.2 Å². The van der Waals surface area contributed by atoms with Crippen molar-refractivity contribution in [3.05, 3.63) is 94.3 Å². The number of hydrogen-bond acceptors (Lipinski definition) is 5. The first kappa shape index (κ1) is 30.2. The van der Waals surface area contributed by atoms with E-state index in [0.29, 0.717) is 48.7 Å². The quantitative estimate of drug-likeness (QED) is 0.372. The molecule has 7 rings (SSSR count). The van der Waals surface area contributed by atoms with Crippen LogP contribution in [0.3, 0.4) is 0 Å². The Kier molecular flexibility index (Phi) is 7.86. The van der Waals surface area contributed by atoms with E-state index in [9.17, 15) is 22.4 Å². The third kappa shape index (κ3) is 5.51. The van der Waals surface area contributed by atoms with Crippen molar-refractivity contribution in [2.75, 3.05) is 37.0 Å². The number of carbonyl (C=O) groups is 2. The highest BCUT2D eigenvalue weighted by molar-refractivity contribution is 7.92. The van der Waals surface area contributed by atoms with Gasteiger partial charge >= 0.3 is 0 Å². The SMILES string of the molecule is O=C(NCc1ccccc1Cl)c1ccc2c(c1)C1(CCN(CC(=O)N3CCC3)CC1)C(C1CC1)N2S(=O)(=O)c1ccc(F)cc1. The molecule has 11 heteroatoms. The van der Waals surface area contributed by atoms with E-state index in [1.54, 1.807) is 22.5 Å². The number of carbonyl (C=O) groups excluding carboxylic acids is 2. The standard InChI is InChI=1S/C34H36ClFN4O4S/c35-29-5-2-1-4-25(29)21-37-33(42)24-8-13-30-28(20-24)34(14-18-38(19-15-34)22-31(41)39-16-3-17-39)32(23-6-7-23)40(30)45(43,44)27-11-9-26(36)10-12-27/h1-2,4-5,8-13,20,23,32H,3,6-7,14-19,21-22H2,(H,37,42). The maximum atomic E-state index is 14.4. The molecule has 3 aromatic carbocycles. The minimum atomic E-state index is -4.05. The normalized spacial score (nSPS) is 21.0. The number of rotatable bonds is 8. The van der Waals surface area contributed by atoms with Crippen LogP contribution in [0.4, 0.5) is 10.1 Å². The van der Waals surface area contributed by atoms with E-state index < -0.39 is 21.3 Å². The van der Waals surface area contributed by atoms with Crippen LogP contribution in [-0.2, 0) is 26.8 Å². The lowest BCUT2D eigenvalue weighted by Gasteiger charge is -2.45. The largest absolute Gasteiger partial charge is 0.348 e. The molecule has 0 aromatic heterocycles. The molecule has 3 aromatic rings. The van der Waals surface area contributed by atoms with Crippen molar-refractivity contribution in [1.82, 2.24) is 15.1 Å². The summed E-state index contributed by atoms with van der Waals surface area (Å²) in [6.07, 6.45) is 4.20. The van der Waals surface area contributed by atoms with Crippen LogP contribution in [0.1, 0.15) is 53.6 Å². The van der Waals surface area contributed by atoms with Gasteiger partial charge in [0.25, 0.3) is 15.9 Å². The molecule has 1 N–H and O–H groups in total. The van der Waals surface area contributed by atoms with E-state index >= 15 is 0 Å². The molecule has 0 radical (unpaired) electrons. The van der Waals surface area contributed by atoms with Crippen molar-refractivity contribution >= 4 is 39.1 Å². The number of likely N-dealkylation sites (tertiary alicyclic amines) is 2. The van der Waals surface area contributed by atoms with Crippen LogP contribution in [0.2, 0.25) is 5.02 Å². The fraction of sp³-hybridized carbons (Fsp3) is 0.412. The van der Waals surface area contributed by atoms with Crippen LogP contribution in [0.5, 0.6) is 0 Å². The lowest BCUT2D eigenvalue weighted by Crippen LogP contribution is -2.55. The average molecular weight is 651 g/mol. The van der Waals surface area contributed by atoms with Gasteiger partial charge < -0.3 is 10.2 Å². The number of fused-ring (bicyclic) bond motifs is 2. The number of benzene rings is 3. The molecule has 8 nitrogen and oxygen atoms in total. The smallest absolute Gasteiger partial charge is 0.264 e. The Balaban J connectivity index is 1.24. The van der Waals surface area contributed by atoms with Gasteiger partial charge in [0.1, 0.15) is 5.82 Å². The van der Waals surface area contributed by atoms with E-state index in [4.69, 9.17) is 11.6 Å². The number of nitrogens with zero attached hydrogens (tertiary/aromatic N) is 3. The molecule has 1 atom stereocenters. The van der Waals surface area contributed by atoms with Crippen molar-refractivity contribution in [3.8, 4) is 0 Å². The lowest BCUT2D eigenvalue weighted by atomic mass is 9.68. The zero-order chi connectivity index (χ0) is 31.3. The summed E-state index contributed by atoms with van der Waals surface area (Å²) in [5.41, 5.74) is 2.15. The van der Waals surface area contributed by atoms with Crippen molar-refractivity contribution in [3.63, 3.8) is 0 Å². The van der Waals surface area contributed by atoms with Gasteiger partial charge in [-0.1, -0.05) is 29.8 Å². The van der Waals surface area contributed by atoms with Crippen molar-refractivity contribution in [1.29, 1.82) is 0 Å². The highest BCUT2D eigenvalue weighted by Crippen LogP contribution is 2.59. The highest BCUT2D eigenvalue weighted by Gasteiger charge is 2.60. The summed E-state index contributed by atoms with van der Waals surface area (Å²) in [7, 11) is -4.05. The molecule has 1 spiro atoms. The van der Waals surface area contributed by atoms with Gasteiger partial charge in [0.05, 0.1) is 23.2 Å². The second kappa shape index (κ2) is 11.7. The molecule has 0 bridgehead atoms. The summed E-state index contributed by atoms with van der Waals surface area (Å²) in [5, 5.41) is 3.54. The fourth-order valence-electron chi connectivity index (χ4n) is 7.31. The zero-order valence-corrected chi connectivity index (χ0v) is 26.5. The highest BCUT2D eigenvalue weighted by atomic mass is 35.5. The van der Waals surface area contributed by atoms with Crippen LogP contribution in [0.15, 0.2) is 71.6 Å². The predicted molar refractivity (Wildman–Crippen MR) is 170 cm³/mol. The zero-order valence-electron chi connectivity index (χ0n) is 24.9. The average Bonchev–Trinajstić information content (AvgIpc) is 3.80. The second-order valence-corrected chi connectivity index (χ2v) is 14.9. The lowest BCUT2D eigenvalue weighted by molar-refractivity contribution is -0.136. The molecule has 3 aliphatic heterocycles. The van der Waals surface area contributed by atoms with Crippen LogP contribution in [0, 0.1) is 11.7 Å². The number of piperidine rings is 1. The Hall–Kier alpha value is -3.47.